The highest BCUT2D eigenvalue weighted by Crippen LogP contribution is 2.38. The predicted octanol–water partition coefficient (Wildman–Crippen LogP) is 4.72. The SMILES string of the molecule is Cc1cc(CN2CC(C)OC2=O)ccc1O[Si](C)(C)C(C)(C)C. The van der Waals surface area contributed by atoms with Crippen molar-refractivity contribution >= 4 is 14.4 Å². The van der Waals surface area contributed by atoms with Crippen molar-refractivity contribution in [1.82, 2.24) is 4.90 Å². The van der Waals surface area contributed by atoms with E-state index in [4.69, 9.17) is 9.16 Å². The number of ether oxygens (including phenoxy) is 1. The largest absolute Gasteiger partial charge is 0.543 e. The van der Waals surface area contributed by atoms with E-state index in [1.165, 1.54) is 0 Å². The fourth-order valence-electron chi connectivity index (χ4n) is 2.37. The topological polar surface area (TPSA) is 38.8 Å². The second kappa shape index (κ2) is 6.19. The molecule has 0 N–H and O–H groups in total. The highest BCUT2D eigenvalue weighted by Gasteiger charge is 2.39. The van der Waals surface area contributed by atoms with Crippen LogP contribution in [0, 0.1) is 6.92 Å². The molecule has 23 heavy (non-hydrogen) atoms. The van der Waals surface area contributed by atoms with Crippen molar-refractivity contribution in [3.8, 4) is 5.75 Å². The van der Waals surface area contributed by atoms with Gasteiger partial charge in [-0.3, -0.25) is 0 Å². The Morgan fingerprint density at radius 1 is 1.35 bits per heavy atom. The molecule has 4 nitrogen and oxygen atoms in total. The summed E-state index contributed by atoms with van der Waals surface area (Å²) >= 11 is 0. The molecule has 1 aromatic carbocycles. The van der Waals surface area contributed by atoms with Gasteiger partial charge in [-0.2, -0.15) is 0 Å². The minimum absolute atomic E-state index is 0.0233. The molecule has 0 aliphatic carbocycles. The first-order chi connectivity index (χ1) is 10.5. The molecule has 0 aromatic heterocycles. The lowest BCUT2D eigenvalue weighted by molar-refractivity contribution is 0.137. The first-order valence-electron chi connectivity index (χ1n) is 8.24. The molecule has 1 amide bonds. The Hall–Kier alpha value is -1.49. The van der Waals surface area contributed by atoms with Gasteiger partial charge in [0.15, 0.2) is 0 Å². The molecule has 1 fully saturated rings. The zero-order valence-electron chi connectivity index (χ0n) is 15.4. The smallest absolute Gasteiger partial charge is 0.410 e. The number of benzene rings is 1. The minimum atomic E-state index is -1.83. The van der Waals surface area contributed by atoms with Crippen LogP contribution in [0.5, 0.6) is 5.75 Å². The van der Waals surface area contributed by atoms with E-state index in [0.717, 1.165) is 16.9 Å². The van der Waals surface area contributed by atoms with Gasteiger partial charge in [0.2, 0.25) is 8.32 Å². The number of hydrogen-bond acceptors (Lipinski definition) is 3. The lowest BCUT2D eigenvalue weighted by atomic mass is 10.1. The van der Waals surface area contributed by atoms with E-state index in [1.54, 1.807) is 4.90 Å². The van der Waals surface area contributed by atoms with E-state index in [2.05, 4.69) is 46.9 Å². The summed E-state index contributed by atoms with van der Waals surface area (Å²) < 4.78 is 11.6. The number of rotatable bonds is 4. The van der Waals surface area contributed by atoms with E-state index in [0.29, 0.717) is 13.1 Å². The number of nitrogens with zero attached hydrogens (tertiary/aromatic N) is 1. The summed E-state index contributed by atoms with van der Waals surface area (Å²) in [5.74, 6) is 0.956. The molecule has 1 heterocycles. The van der Waals surface area contributed by atoms with Crippen LogP contribution in [-0.4, -0.2) is 32.0 Å². The van der Waals surface area contributed by atoms with Crippen molar-refractivity contribution < 1.29 is 14.0 Å². The first-order valence-corrected chi connectivity index (χ1v) is 11.1. The average molecular weight is 336 g/mol. The summed E-state index contributed by atoms with van der Waals surface area (Å²) in [7, 11) is -1.83. The summed E-state index contributed by atoms with van der Waals surface area (Å²) in [5.41, 5.74) is 2.23. The third kappa shape index (κ3) is 4.08. The molecular weight excluding hydrogens is 306 g/mol. The maximum absolute atomic E-state index is 11.7. The van der Waals surface area contributed by atoms with Crippen molar-refractivity contribution in [1.29, 1.82) is 0 Å². The Balaban J connectivity index is 2.11. The van der Waals surface area contributed by atoms with Gasteiger partial charge in [0.1, 0.15) is 11.9 Å². The monoisotopic (exact) mass is 335 g/mol. The Labute approximate surface area is 140 Å². The van der Waals surface area contributed by atoms with Crippen LogP contribution in [0.1, 0.15) is 38.8 Å². The second-order valence-electron chi connectivity index (χ2n) is 8.04. The summed E-state index contributed by atoms with van der Waals surface area (Å²) in [5, 5.41) is 0.174. The predicted molar refractivity (Wildman–Crippen MR) is 95.4 cm³/mol. The fourth-order valence-corrected chi connectivity index (χ4v) is 3.46. The molecule has 1 aliphatic heterocycles. The van der Waals surface area contributed by atoms with Crippen LogP contribution in [0.3, 0.4) is 0 Å². The Morgan fingerprint density at radius 2 is 2.00 bits per heavy atom. The molecule has 5 heteroatoms. The zero-order chi connectivity index (χ0) is 17.4. The summed E-state index contributed by atoms with van der Waals surface area (Å²) in [6.07, 6.45) is -0.249. The molecule has 1 saturated heterocycles. The zero-order valence-corrected chi connectivity index (χ0v) is 16.4. The normalized spacial score (nSPS) is 19.0. The number of amides is 1. The van der Waals surface area contributed by atoms with Crippen molar-refractivity contribution in [2.24, 2.45) is 0 Å². The number of cyclic esters (lactones) is 1. The minimum Gasteiger partial charge on any atom is -0.543 e. The van der Waals surface area contributed by atoms with E-state index in [9.17, 15) is 4.79 Å². The van der Waals surface area contributed by atoms with Gasteiger partial charge in [-0.05, 0) is 49.2 Å². The van der Waals surface area contributed by atoms with Crippen LogP contribution in [0.2, 0.25) is 18.1 Å². The molecule has 1 aliphatic rings. The van der Waals surface area contributed by atoms with Crippen molar-refractivity contribution in [2.45, 2.75) is 65.4 Å². The first kappa shape index (κ1) is 17.9. The van der Waals surface area contributed by atoms with Crippen LogP contribution in [-0.2, 0) is 11.3 Å². The van der Waals surface area contributed by atoms with E-state index in [1.807, 2.05) is 19.1 Å². The second-order valence-corrected chi connectivity index (χ2v) is 12.8. The fraction of sp³-hybridized carbons (Fsp3) is 0.611. The molecule has 2 rings (SSSR count). The number of aryl methyl sites for hydroxylation is 1. The summed E-state index contributed by atoms with van der Waals surface area (Å²) in [6.45, 7) is 16.4. The Kier molecular flexibility index (Phi) is 4.80. The third-order valence-corrected chi connectivity index (χ3v) is 9.16. The maximum atomic E-state index is 11.7. The van der Waals surface area contributed by atoms with E-state index < -0.39 is 8.32 Å². The van der Waals surface area contributed by atoms with Gasteiger partial charge in [-0.1, -0.05) is 32.9 Å². The Morgan fingerprint density at radius 3 is 2.48 bits per heavy atom. The molecule has 0 spiro atoms. The van der Waals surface area contributed by atoms with E-state index in [-0.39, 0.29) is 17.2 Å². The molecule has 1 aromatic rings. The van der Waals surface area contributed by atoms with Gasteiger partial charge in [-0.15, -0.1) is 0 Å². The van der Waals surface area contributed by atoms with Gasteiger partial charge in [0.25, 0.3) is 0 Å². The van der Waals surface area contributed by atoms with Crippen molar-refractivity contribution in [3.63, 3.8) is 0 Å². The van der Waals surface area contributed by atoms with Crippen LogP contribution in [0.25, 0.3) is 0 Å². The van der Waals surface area contributed by atoms with Gasteiger partial charge < -0.3 is 14.1 Å². The molecule has 0 radical (unpaired) electrons. The Bertz CT molecular complexity index is 592. The van der Waals surface area contributed by atoms with Gasteiger partial charge >= 0.3 is 6.09 Å². The lowest BCUT2D eigenvalue weighted by Gasteiger charge is -2.37. The van der Waals surface area contributed by atoms with E-state index >= 15 is 0 Å². The van der Waals surface area contributed by atoms with Gasteiger partial charge in [-0.25, -0.2) is 4.79 Å². The average Bonchev–Trinajstić information content (AvgIpc) is 2.69. The van der Waals surface area contributed by atoms with Crippen LogP contribution in [0.4, 0.5) is 4.79 Å². The number of carbonyl (C=O) groups is 1. The molecule has 1 unspecified atom stereocenters. The van der Waals surface area contributed by atoms with Crippen LogP contribution in [0.15, 0.2) is 18.2 Å². The number of hydrogen-bond donors (Lipinski definition) is 0. The summed E-state index contributed by atoms with van der Waals surface area (Å²) in [6, 6.07) is 6.19. The highest BCUT2D eigenvalue weighted by molar-refractivity contribution is 6.74. The van der Waals surface area contributed by atoms with Crippen LogP contribution >= 0.6 is 0 Å². The van der Waals surface area contributed by atoms with Gasteiger partial charge in [0.05, 0.1) is 6.54 Å². The van der Waals surface area contributed by atoms with Crippen molar-refractivity contribution in [3.05, 3.63) is 29.3 Å². The number of carbonyl (C=O) groups excluding carboxylic acids is 1. The maximum Gasteiger partial charge on any atom is 0.410 e. The molecule has 128 valence electrons. The third-order valence-electron chi connectivity index (χ3n) is 4.82. The lowest BCUT2D eigenvalue weighted by Crippen LogP contribution is -2.44. The molecule has 0 bridgehead atoms. The van der Waals surface area contributed by atoms with Crippen molar-refractivity contribution in [2.75, 3.05) is 6.54 Å². The van der Waals surface area contributed by atoms with Gasteiger partial charge in [0, 0.05) is 6.54 Å². The quantitative estimate of drug-likeness (QED) is 0.747. The highest BCUT2D eigenvalue weighted by atomic mass is 28.4. The summed E-state index contributed by atoms with van der Waals surface area (Å²) in [4.78, 5) is 13.5. The molecule has 1 atom stereocenters. The molecular formula is C18H29NO3Si. The van der Waals surface area contributed by atoms with Crippen LogP contribution < -0.4 is 4.43 Å². The molecule has 0 saturated carbocycles. The standard InChI is InChI=1S/C18H29NO3Si/c1-13-10-15(12-19-11-14(2)21-17(19)20)8-9-16(13)22-23(6,7)18(3,4)5/h8-10,14H,11-12H2,1-7H3.